The van der Waals surface area contributed by atoms with E-state index in [0.717, 1.165) is 63.2 Å². The Hall–Kier alpha value is -0.800. The van der Waals surface area contributed by atoms with Crippen molar-refractivity contribution in [2.24, 2.45) is 10.9 Å². The molecule has 0 bridgehead atoms. The SMILES string of the molecule is COC1(CN=C(NCCc2ccco2)NCC2CCCCC2)CCOCC1.I. The Balaban J connectivity index is 0.00000280. The third-order valence-corrected chi connectivity index (χ3v) is 5.89. The standard InChI is InChI=1S/C21H35N3O3.HI/c1-25-21(10-14-26-15-11-21)17-24-20(22-12-9-19-8-5-13-27-19)23-16-18-6-3-2-4-7-18;/h5,8,13,18H,2-4,6-7,9-12,14-17H2,1H3,(H2,22,23,24);1H. The second-order valence-corrected chi connectivity index (χ2v) is 7.81. The van der Waals surface area contributed by atoms with Crippen LogP contribution in [0.2, 0.25) is 0 Å². The lowest BCUT2D eigenvalue weighted by Gasteiger charge is -2.34. The molecule has 0 aromatic carbocycles. The molecule has 1 aromatic heterocycles. The number of aliphatic imine (C=N–C) groups is 1. The smallest absolute Gasteiger partial charge is 0.191 e. The average molecular weight is 505 g/mol. The van der Waals surface area contributed by atoms with Gasteiger partial charge in [-0.25, -0.2) is 0 Å². The molecule has 2 fully saturated rings. The van der Waals surface area contributed by atoms with E-state index in [1.54, 1.807) is 13.4 Å². The average Bonchev–Trinajstić information content (AvgIpc) is 3.24. The van der Waals surface area contributed by atoms with Gasteiger partial charge < -0.3 is 24.5 Å². The fourth-order valence-electron chi connectivity index (χ4n) is 3.96. The Kier molecular flexibility index (Phi) is 10.6. The van der Waals surface area contributed by atoms with Crippen molar-refractivity contribution in [2.75, 3.05) is 40.0 Å². The van der Waals surface area contributed by atoms with Crippen molar-refractivity contribution >= 4 is 29.9 Å². The van der Waals surface area contributed by atoms with Crippen LogP contribution in [0.15, 0.2) is 27.8 Å². The van der Waals surface area contributed by atoms with Gasteiger partial charge in [-0.1, -0.05) is 19.3 Å². The second kappa shape index (κ2) is 12.7. The third-order valence-electron chi connectivity index (χ3n) is 5.89. The molecule has 1 saturated carbocycles. The minimum absolute atomic E-state index is 0. The Bertz CT molecular complexity index is 553. The summed E-state index contributed by atoms with van der Waals surface area (Å²) in [6, 6.07) is 3.94. The zero-order valence-corrected chi connectivity index (χ0v) is 19.4. The number of ether oxygens (including phenoxy) is 2. The Morgan fingerprint density at radius 3 is 2.68 bits per heavy atom. The predicted octanol–water partition coefficient (Wildman–Crippen LogP) is 3.75. The van der Waals surface area contributed by atoms with E-state index in [1.165, 1.54) is 32.1 Å². The molecule has 2 aliphatic rings. The van der Waals surface area contributed by atoms with Crippen molar-refractivity contribution in [1.82, 2.24) is 10.6 Å². The lowest BCUT2D eigenvalue weighted by Crippen LogP contribution is -2.45. The van der Waals surface area contributed by atoms with Crippen molar-refractivity contribution < 1.29 is 13.9 Å². The lowest BCUT2D eigenvalue weighted by atomic mass is 9.89. The maximum Gasteiger partial charge on any atom is 0.191 e. The van der Waals surface area contributed by atoms with Crippen molar-refractivity contribution in [1.29, 1.82) is 0 Å². The van der Waals surface area contributed by atoms with E-state index >= 15 is 0 Å². The van der Waals surface area contributed by atoms with Gasteiger partial charge in [-0.3, -0.25) is 4.99 Å². The highest BCUT2D eigenvalue weighted by atomic mass is 127. The summed E-state index contributed by atoms with van der Waals surface area (Å²) < 4.78 is 16.8. The molecule has 7 heteroatoms. The molecule has 1 aliphatic heterocycles. The number of nitrogens with zero attached hydrogens (tertiary/aromatic N) is 1. The van der Waals surface area contributed by atoms with Crippen LogP contribution < -0.4 is 10.6 Å². The van der Waals surface area contributed by atoms with Crippen molar-refractivity contribution in [2.45, 2.75) is 57.0 Å². The normalized spacial score (nSPS) is 20.4. The molecule has 1 saturated heterocycles. The first-order valence-electron chi connectivity index (χ1n) is 10.5. The summed E-state index contributed by atoms with van der Waals surface area (Å²) in [5.41, 5.74) is -0.196. The zero-order chi connectivity index (χ0) is 18.8. The number of halogens is 1. The van der Waals surface area contributed by atoms with Crippen LogP contribution in [0.1, 0.15) is 50.7 Å². The summed E-state index contributed by atoms with van der Waals surface area (Å²) in [6.45, 7) is 3.95. The van der Waals surface area contributed by atoms with Crippen LogP contribution in [0.4, 0.5) is 0 Å². The van der Waals surface area contributed by atoms with Gasteiger partial charge >= 0.3 is 0 Å². The molecule has 0 atom stereocenters. The topological polar surface area (TPSA) is 68.0 Å². The van der Waals surface area contributed by atoms with E-state index in [4.69, 9.17) is 18.9 Å². The molecule has 0 radical (unpaired) electrons. The molecule has 160 valence electrons. The van der Waals surface area contributed by atoms with Gasteiger partial charge in [0, 0.05) is 52.7 Å². The van der Waals surface area contributed by atoms with Gasteiger partial charge in [0.05, 0.1) is 18.4 Å². The van der Waals surface area contributed by atoms with Gasteiger partial charge in [0.2, 0.25) is 0 Å². The number of nitrogens with one attached hydrogen (secondary N) is 2. The van der Waals surface area contributed by atoms with E-state index in [0.29, 0.717) is 6.54 Å². The van der Waals surface area contributed by atoms with E-state index in [2.05, 4.69) is 10.6 Å². The zero-order valence-electron chi connectivity index (χ0n) is 17.1. The van der Waals surface area contributed by atoms with Crippen LogP contribution in [-0.2, 0) is 15.9 Å². The Morgan fingerprint density at radius 2 is 2.00 bits per heavy atom. The van der Waals surface area contributed by atoms with Crippen LogP contribution in [0.3, 0.4) is 0 Å². The molecule has 0 spiro atoms. The highest BCUT2D eigenvalue weighted by Crippen LogP contribution is 2.25. The third kappa shape index (κ3) is 7.55. The van der Waals surface area contributed by atoms with E-state index in [9.17, 15) is 0 Å². The highest BCUT2D eigenvalue weighted by molar-refractivity contribution is 14.0. The van der Waals surface area contributed by atoms with Gasteiger partial charge in [-0.2, -0.15) is 0 Å². The molecular weight excluding hydrogens is 469 g/mol. The molecular formula is C21H36IN3O3. The monoisotopic (exact) mass is 505 g/mol. The summed E-state index contributed by atoms with van der Waals surface area (Å²) in [5.74, 6) is 2.64. The van der Waals surface area contributed by atoms with E-state index < -0.39 is 0 Å². The lowest BCUT2D eigenvalue weighted by molar-refractivity contribution is -0.0828. The molecule has 3 rings (SSSR count). The summed E-state index contributed by atoms with van der Waals surface area (Å²) >= 11 is 0. The van der Waals surface area contributed by atoms with Crippen molar-refractivity contribution in [3.05, 3.63) is 24.2 Å². The fourth-order valence-corrected chi connectivity index (χ4v) is 3.96. The number of hydrogen-bond donors (Lipinski definition) is 2. The highest BCUT2D eigenvalue weighted by Gasteiger charge is 2.32. The summed E-state index contributed by atoms with van der Waals surface area (Å²) in [7, 11) is 1.79. The Labute approximate surface area is 186 Å². The van der Waals surface area contributed by atoms with E-state index in [-0.39, 0.29) is 29.6 Å². The first-order valence-corrected chi connectivity index (χ1v) is 10.5. The Morgan fingerprint density at radius 1 is 1.21 bits per heavy atom. The maximum absolute atomic E-state index is 5.83. The largest absolute Gasteiger partial charge is 0.469 e. The molecule has 0 unspecified atom stereocenters. The summed E-state index contributed by atoms with van der Waals surface area (Å²) in [5, 5.41) is 7.04. The predicted molar refractivity (Wildman–Crippen MR) is 123 cm³/mol. The van der Waals surface area contributed by atoms with E-state index in [1.807, 2.05) is 12.1 Å². The van der Waals surface area contributed by atoms with Crippen LogP contribution in [0, 0.1) is 5.92 Å². The molecule has 6 nitrogen and oxygen atoms in total. The van der Waals surface area contributed by atoms with Crippen molar-refractivity contribution in [3.8, 4) is 0 Å². The minimum Gasteiger partial charge on any atom is -0.469 e. The molecule has 2 N–H and O–H groups in total. The number of hydrogen-bond acceptors (Lipinski definition) is 4. The fraction of sp³-hybridized carbons (Fsp3) is 0.762. The van der Waals surface area contributed by atoms with Crippen molar-refractivity contribution in [3.63, 3.8) is 0 Å². The number of furan rings is 1. The quantitative estimate of drug-likeness (QED) is 0.320. The molecule has 0 amide bonds. The first kappa shape index (κ1) is 23.5. The van der Waals surface area contributed by atoms with Gasteiger partial charge in [0.1, 0.15) is 5.76 Å². The summed E-state index contributed by atoms with van der Waals surface area (Å²) in [6.07, 6.45) is 11.1. The van der Waals surface area contributed by atoms with Crippen LogP contribution >= 0.6 is 24.0 Å². The number of rotatable bonds is 8. The number of guanidine groups is 1. The molecule has 1 aromatic rings. The summed E-state index contributed by atoms with van der Waals surface area (Å²) in [4.78, 5) is 4.88. The minimum atomic E-state index is -0.196. The van der Waals surface area contributed by atoms with Crippen LogP contribution in [-0.4, -0.2) is 51.5 Å². The maximum atomic E-state index is 5.83. The van der Waals surface area contributed by atoms with Gasteiger partial charge in [-0.15, -0.1) is 24.0 Å². The van der Waals surface area contributed by atoms with Gasteiger partial charge in [0.25, 0.3) is 0 Å². The van der Waals surface area contributed by atoms with Gasteiger partial charge in [-0.05, 0) is 30.9 Å². The first-order chi connectivity index (χ1) is 13.3. The number of methoxy groups -OCH3 is 1. The second-order valence-electron chi connectivity index (χ2n) is 7.81. The molecule has 28 heavy (non-hydrogen) atoms. The molecule has 2 heterocycles. The van der Waals surface area contributed by atoms with Crippen LogP contribution in [0.25, 0.3) is 0 Å². The van der Waals surface area contributed by atoms with Gasteiger partial charge in [0.15, 0.2) is 5.96 Å². The molecule has 1 aliphatic carbocycles. The van der Waals surface area contributed by atoms with Crippen LogP contribution in [0.5, 0.6) is 0 Å².